The summed E-state index contributed by atoms with van der Waals surface area (Å²) in [6.07, 6.45) is 4.52. The van der Waals surface area contributed by atoms with Crippen LogP contribution in [-0.2, 0) is 16.6 Å². The predicted molar refractivity (Wildman–Crippen MR) is 85.6 cm³/mol. The molecule has 0 aromatic heterocycles. The predicted octanol–water partition coefficient (Wildman–Crippen LogP) is 2.65. The molecule has 0 heterocycles. The molecule has 2 N–H and O–H groups in total. The number of hydrogen-bond acceptors (Lipinski definition) is 3. The highest BCUT2D eigenvalue weighted by Gasteiger charge is 2.26. The Balaban J connectivity index is 1.92. The van der Waals surface area contributed by atoms with E-state index < -0.39 is 10.0 Å². The Kier molecular flexibility index (Phi) is 5.79. The van der Waals surface area contributed by atoms with Crippen LogP contribution in [0.5, 0.6) is 0 Å². The number of sulfonamides is 1. The van der Waals surface area contributed by atoms with Gasteiger partial charge in [0.1, 0.15) is 0 Å². The van der Waals surface area contributed by atoms with E-state index in [0.29, 0.717) is 4.90 Å². The van der Waals surface area contributed by atoms with E-state index in [0.717, 1.165) is 37.4 Å². The van der Waals surface area contributed by atoms with Gasteiger partial charge in [0.15, 0.2) is 0 Å². The van der Waals surface area contributed by atoms with Gasteiger partial charge in [-0.3, -0.25) is 0 Å². The van der Waals surface area contributed by atoms with Crippen LogP contribution >= 0.6 is 0 Å². The molecule has 1 aliphatic rings. The van der Waals surface area contributed by atoms with Crippen molar-refractivity contribution in [1.82, 2.24) is 10.0 Å². The van der Waals surface area contributed by atoms with E-state index >= 15 is 0 Å². The summed E-state index contributed by atoms with van der Waals surface area (Å²) in [5.74, 6) is 0.717. The lowest BCUT2D eigenvalue weighted by Crippen LogP contribution is -2.32. The standard InChI is InChI=1S/C16H26N2O2S/c1-3-10-17-12-15-6-8-16(9-7-15)21(19,20)18-13(2)11-14-4-5-14/h6-9,13-14,17-18H,3-5,10-12H2,1-2H3. The zero-order valence-electron chi connectivity index (χ0n) is 12.9. The normalized spacial score (nSPS) is 16.9. The minimum Gasteiger partial charge on any atom is -0.313 e. The quantitative estimate of drug-likeness (QED) is 0.689. The van der Waals surface area contributed by atoms with Crippen molar-refractivity contribution in [2.75, 3.05) is 6.54 Å². The Hall–Kier alpha value is -0.910. The van der Waals surface area contributed by atoms with Gasteiger partial charge in [0.05, 0.1) is 4.90 Å². The maximum atomic E-state index is 12.3. The van der Waals surface area contributed by atoms with Crippen LogP contribution in [0.15, 0.2) is 29.2 Å². The van der Waals surface area contributed by atoms with Crippen LogP contribution in [0.25, 0.3) is 0 Å². The number of nitrogens with one attached hydrogen (secondary N) is 2. The first kappa shape index (κ1) is 16.5. The fourth-order valence-electron chi connectivity index (χ4n) is 2.43. The van der Waals surface area contributed by atoms with E-state index in [2.05, 4.69) is 17.0 Å². The van der Waals surface area contributed by atoms with Gasteiger partial charge in [0.25, 0.3) is 0 Å². The lowest BCUT2D eigenvalue weighted by atomic mass is 10.2. The summed E-state index contributed by atoms with van der Waals surface area (Å²) in [7, 11) is -3.39. The Morgan fingerprint density at radius 1 is 1.24 bits per heavy atom. The van der Waals surface area contributed by atoms with Crippen molar-refractivity contribution in [3.63, 3.8) is 0 Å². The maximum Gasteiger partial charge on any atom is 0.240 e. The molecule has 1 unspecified atom stereocenters. The molecule has 1 saturated carbocycles. The Bertz CT molecular complexity index is 536. The number of hydrogen-bond donors (Lipinski definition) is 2. The van der Waals surface area contributed by atoms with Gasteiger partial charge in [0.2, 0.25) is 10.0 Å². The van der Waals surface area contributed by atoms with Crippen LogP contribution in [0.3, 0.4) is 0 Å². The maximum absolute atomic E-state index is 12.3. The summed E-state index contributed by atoms with van der Waals surface area (Å²) in [6, 6.07) is 7.14. The lowest BCUT2D eigenvalue weighted by Gasteiger charge is -2.14. The molecule has 5 heteroatoms. The molecule has 0 radical (unpaired) electrons. The molecule has 2 rings (SSSR count). The third-order valence-electron chi connectivity index (χ3n) is 3.73. The Labute approximate surface area is 128 Å². The molecular formula is C16H26N2O2S. The number of rotatable bonds is 9. The fourth-order valence-corrected chi connectivity index (χ4v) is 3.69. The van der Waals surface area contributed by atoms with Gasteiger partial charge in [0, 0.05) is 12.6 Å². The van der Waals surface area contributed by atoms with Gasteiger partial charge < -0.3 is 5.32 Å². The molecule has 1 aliphatic carbocycles. The van der Waals surface area contributed by atoms with E-state index in [1.54, 1.807) is 12.1 Å². The fraction of sp³-hybridized carbons (Fsp3) is 0.625. The van der Waals surface area contributed by atoms with E-state index in [-0.39, 0.29) is 6.04 Å². The van der Waals surface area contributed by atoms with Gasteiger partial charge >= 0.3 is 0 Å². The highest BCUT2D eigenvalue weighted by molar-refractivity contribution is 7.89. The summed E-state index contributed by atoms with van der Waals surface area (Å²) in [6.45, 7) is 5.82. The third kappa shape index (κ3) is 5.41. The SMILES string of the molecule is CCCNCc1ccc(S(=O)(=O)NC(C)CC2CC2)cc1. The summed E-state index contributed by atoms with van der Waals surface area (Å²) >= 11 is 0. The molecule has 1 aromatic carbocycles. The van der Waals surface area contributed by atoms with Crippen LogP contribution in [0.2, 0.25) is 0 Å². The minimum atomic E-state index is -3.39. The second-order valence-electron chi connectivity index (χ2n) is 6.02. The zero-order chi connectivity index (χ0) is 15.3. The molecular weight excluding hydrogens is 284 g/mol. The van der Waals surface area contributed by atoms with E-state index in [1.165, 1.54) is 12.8 Å². The van der Waals surface area contributed by atoms with Gasteiger partial charge in [-0.25, -0.2) is 13.1 Å². The first-order valence-electron chi connectivity index (χ1n) is 7.83. The molecule has 4 nitrogen and oxygen atoms in total. The first-order chi connectivity index (χ1) is 10.0. The van der Waals surface area contributed by atoms with E-state index in [1.807, 2.05) is 19.1 Å². The summed E-state index contributed by atoms with van der Waals surface area (Å²) < 4.78 is 27.4. The molecule has 0 bridgehead atoms. The average molecular weight is 310 g/mol. The van der Waals surface area contributed by atoms with E-state index in [4.69, 9.17) is 0 Å². The molecule has 1 aromatic rings. The molecule has 0 saturated heterocycles. The van der Waals surface area contributed by atoms with Gasteiger partial charge in [-0.1, -0.05) is 31.9 Å². The summed E-state index contributed by atoms with van der Waals surface area (Å²) in [4.78, 5) is 0.351. The van der Waals surface area contributed by atoms with Crippen molar-refractivity contribution in [3.8, 4) is 0 Å². The average Bonchev–Trinajstić information content (AvgIpc) is 3.23. The smallest absolute Gasteiger partial charge is 0.240 e. The lowest BCUT2D eigenvalue weighted by molar-refractivity contribution is 0.530. The van der Waals surface area contributed by atoms with Gasteiger partial charge in [-0.05, 0) is 49.9 Å². The van der Waals surface area contributed by atoms with Crippen molar-refractivity contribution in [3.05, 3.63) is 29.8 Å². The van der Waals surface area contributed by atoms with Crippen molar-refractivity contribution in [1.29, 1.82) is 0 Å². The highest BCUT2D eigenvalue weighted by atomic mass is 32.2. The van der Waals surface area contributed by atoms with Crippen LogP contribution in [0.1, 0.15) is 45.1 Å². The first-order valence-corrected chi connectivity index (χ1v) is 9.31. The largest absolute Gasteiger partial charge is 0.313 e. The van der Waals surface area contributed by atoms with Crippen molar-refractivity contribution < 1.29 is 8.42 Å². The van der Waals surface area contributed by atoms with Crippen LogP contribution in [0, 0.1) is 5.92 Å². The second kappa shape index (κ2) is 7.38. The molecule has 0 aliphatic heterocycles. The topological polar surface area (TPSA) is 58.2 Å². The highest BCUT2D eigenvalue weighted by Crippen LogP contribution is 2.33. The van der Waals surface area contributed by atoms with Crippen LogP contribution in [0.4, 0.5) is 0 Å². The van der Waals surface area contributed by atoms with E-state index in [9.17, 15) is 8.42 Å². The second-order valence-corrected chi connectivity index (χ2v) is 7.74. The van der Waals surface area contributed by atoms with Crippen molar-refractivity contribution >= 4 is 10.0 Å². The molecule has 1 atom stereocenters. The molecule has 0 spiro atoms. The molecule has 1 fully saturated rings. The summed E-state index contributed by atoms with van der Waals surface area (Å²) in [5.41, 5.74) is 1.11. The van der Waals surface area contributed by atoms with Crippen LogP contribution < -0.4 is 10.0 Å². The monoisotopic (exact) mass is 310 g/mol. The molecule has 0 amide bonds. The Morgan fingerprint density at radius 3 is 2.48 bits per heavy atom. The third-order valence-corrected chi connectivity index (χ3v) is 5.34. The molecule has 21 heavy (non-hydrogen) atoms. The van der Waals surface area contributed by atoms with Crippen LogP contribution in [-0.4, -0.2) is 21.0 Å². The number of benzene rings is 1. The van der Waals surface area contributed by atoms with Gasteiger partial charge in [-0.15, -0.1) is 0 Å². The van der Waals surface area contributed by atoms with Gasteiger partial charge in [-0.2, -0.15) is 0 Å². The van der Waals surface area contributed by atoms with Crippen molar-refractivity contribution in [2.45, 2.75) is 57.0 Å². The van der Waals surface area contributed by atoms with Crippen molar-refractivity contribution in [2.24, 2.45) is 5.92 Å². The minimum absolute atomic E-state index is 0.00778. The Morgan fingerprint density at radius 2 is 1.90 bits per heavy atom. The zero-order valence-corrected chi connectivity index (χ0v) is 13.7. The summed E-state index contributed by atoms with van der Waals surface area (Å²) in [5, 5.41) is 3.31. The molecule has 118 valence electrons.